The summed E-state index contributed by atoms with van der Waals surface area (Å²) in [7, 11) is 0. The summed E-state index contributed by atoms with van der Waals surface area (Å²) in [5.41, 5.74) is 0.667. The molecular weight excluding hydrogens is 162 g/mol. The summed E-state index contributed by atoms with van der Waals surface area (Å²) in [6, 6.07) is 0. The van der Waals surface area contributed by atoms with Crippen LogP contribution in [0.2, 0.25) is 0 Å². The summed E-state index contributed by atoms with van der Waals surface area (Å²) in [4.78, 5) is 6.21. The maximum absolute atomic E-state index is 7.31. The lowest BCUT2D eigenvalue weighted by molar-refractivity contribution is 0.422. The highest BCUT2D eigenvalue weighted by atomic mass is 15.2. The van der Waals surface area contributed by atoms with Gasteiger partial charge in [0, 0.05) is 25.2 Å². The molecule has 0 radical (unpaired) electrons. The van der Waals surface area contributed by atoms with Crippen molar-refractivity contribution in [3.63, 3.8) is 0 Å². The van der Waals surface area contributed by atoms with Crippen LogP contribution in [0.15, 0.2) is 16.9 Å². The van der Waals surface area contributed by atoms with E-state index in [1.54, 1.807) is 6.92 Å². The number of hydrogen-bond acceptors (Lipinski definition) is 3. The number of rotatable bonds is 4. The van der Waals surface area contributed by atoms with E-state index < -0.39 is 0 Å². The largest absolute Gasteiger partial charge is 0.357 e. The molecule has 3 nitrogen and oxygen atoms in total. The minimum atomic E-state index is 0.667. The summed E-state index contributed by atoms with van der Waals surface area (Å²) in [5, 5.41) is 7.31. The molecule has 0 aliphatic carbocycles. The summed E-state index contributed by atoms with van der Waals surface area (Å²) in [6.45, 7) is 7.53. The number of hydrogen-bond donors (Lipinski definition) is 1. The lowest BCUT2D eigenvalue weighted by atomic mass is 10.3. The Labute approximate surface area is 79.7 Å². The van der Waals surface area contributed by atoms with Crippen molar-refractivity contribution in [1.82, 2.24) is 4.90 Å². The van der Waals surface area contributed by atoms with Crippen molar-refractivity contribution in [2.75, 3.05) is 13.1 Å². The van der Waals surface area contributed by atoms with E-state index in [4.69, 9.17) is 5.41 Å². The van der Waals surface area contributed by atoms with Crippen LogP contribution in [0.25, 0.3) is 0 Å². The highest BCUT2D eigenvalue weighted by Crippen LogP contribution is 2.15. The van der Waals surface area contributed by atoms with Crippen LogP contribution < -0.4 is 0 Å². The van der Waals surface area contributed by atoms with Crippen molar-refractivity contribution in [3.05, 3.63) is 11.9 Å². The average molecular weight is 179 g/mol. The van der Waals surface area contributed by atoms with Gasteiger partial charge in [0.2, 0.25) is 0 Å². The maximum Gasteiger partial charge on any atom is 0.124 e. The maximum atomic E-state index is 7.31. The lowest BCUT2D eigenvalue weighted by Gasteiger charge is -2.17. The third-order valence-corrected chi connectivity index (χ3v) is 2.18. The molecule has 0 amide bonds. The van der Waals surface area contributed by atoms with E-state index in [0.29, 0.717) is 12.1 Å². The Kier molecular flexibility index (Phi) is 3.68. The van der Waals surface area contributed by atoms with Crippen molar-refractivity contribution in [3.8, 4) is 0 Å². The molecule has 13 heavy (non-hydrogen) atoms. The molecule has 0 bridgehead atoms. The lowest BCUT2D eigenvalue weighted by Crippen LogP contribution is -2.17. The molecule has 0 spiro atoms. The summed E-state index contributed by atoms with van der Waals surface area (Å²) < 4.78 is 0. The van der Waals surface area contributed by atoms with Crippen LogP contribution in [-0.4, -0.2) is 30.4 Å². The fourth-order valence-electron chi connectivity index (χ4n) is 1.48. The normalized spacial score (nSPS) is 17.6. The van der Waals surface area contributed by atoms with Crippen LogP contribution in [0.3, 0.4) is 0 Å². The molecule has 1 aliphatic heterocycles. The quantitative estimate of drug-likeness (QED) is 0.659. The highest BCUT2D eigenvalue weighted by Gasteiger charge is 2.12. The van der Waals surface area contributed by atoms with Gasteiger partial charge in [-0.15, -0.1) is 0 Å². The summed E-state index contributed by atoms with van der Waals surface area (Å²) in [6.07, 6.45) is 5.17. The van der Waals surface area contributed by atoms with Crippen molar-refractivity contribution < 1.29 is 0 Å². The highest BCUT2D eigenvalue weighted by molar-refractivity contribution is 5.80. The first-order chi connectivity index (χ1) is 6.24. The minimum Gasteiger partial charge on any atom is -0.357 e. The summed E-state index contributed by atoms with van der Waals surface area (Å²) in [5.74, 6) is 0.948. The van der Waals surface area contributed by atoms with Gasteiger partial charge < -0.3 is 10.3 Å². The van der Waals surface area contributed by atoms with E-state index in [-0.39, 0.29) is 0 Å². The standard InChI is InChI=1S/C10H17N3/c1-9(11)5-6-10(12-2)13-7-3-4-8-13/h6,11H,2-5,7-8H2,1H3/b10-6+,11-9?. The zero-order chi connectivity index (χ0) is 9.68. The molecule has 0 aromatic heterocycles. The third kappa shape index (κ3) is 3.01. The second kappa shape index (κ2) is 4.80. The summed E-state index contributed by atoms with van der Waals surface area (Å²) >= 11 is 0. The van der Waals surface area contributed by atoms with Crippen LogP contribution in [0.1, 0.15) is 26.2 Å². The predicted octanol–water partition coefficient (Wildman–Crippen LogP) is 2.05. The molecule has 1 rings (SSSR count). The smallest absolute Gasteiger partial charge is 0.124 e. The van der Waals surface area contributed by atoms with E-state index in [0.717, 1.165) is 18.9 Å². The van der Waals surface area contributed by atoms with Gasteiger partial charge in [0.05, 0.1) is 0 Å². The van der Waals surface area contributed by atoms with Gasteiger partial charge >= 0.3 is 0 Å². The van der Waals surface area contributed by atoms with E-state index in [1.807, 2.05) is 6.08 Å². The number of nitrogens with zero attached hydrogens (tertiary/aromatic N) is 2. The minimum absolute atomic E-state index is 0.667. The van der Waals surface area contributed by atoms with Gasteiger partial charge in [0.15, 0.2) is 0 Å². The van der Waals surface area contributed by atoms with Gasteiger partial charge in [-0.25, -0.2) is 4.99 Å². The average Bonchev–Trinajstić information content (AvgIpc) is 2.58. The number of allylic oxidation sites excluding steroid dienone is 1. The van der Waals surface area contributed by atoms with Gasteiger partial charge in [-0.05, 0) is 32.6 Å². The van der Waals surface area contributed by atoms with Crippen LogP contribution >= 0.6 is 0 Å². The van der Waals surface area contributed by atoms with E-state index in [9.17, 15) is 0 Å². The Morgan fingerprint density at radius 2 is 2.15 bits per heavy atom. The first kappa shape index (κ1) is 9.96. The molecule has 1 aliphatic rings. The zero-order valence-corrected chi connectivity index (χ0v) is 8.21. The SMILES string of the molecule is C=N/C(=C\CC(C)=N)N1CCCC1. The van der Waals surface area contributed by atoms with Crippen molar-refractivity contribution in [2.24, 2.45) is 4.99 Å². The Morgan fingerprint density at radius 1 is 1.54 bits per heavy atom. The van der Waals surface area contributed by atoms with E-state index in [2.05, 4.69) is 16.6 Å². The van der Waals surface area contributed by atoms with E-state index in [1.165, 1.54) is 12.8 Å². The first-order valence-electron chi connectivity index (χ1n) is 4.70. The number of likely N-dealkylation sites (tertiary alicyclic amines) is 1. The Hall–Kier alpha value is -1.12. The molecule has 1 N–H and O–H groups in total. The van der Waals surface area contributed by atoms with Gasteiger partial charge in [-0.2, -0.15) is 0 Å². The molecule has 1 heterocycles. The molecule has 1 fully saturated rings. The second-order valence-electron chi connectivity index (χ2n) is 3.40. The molecule has 0 unspecified atom stereocenters. The van der Waals surface area contributed by atoms with Crippen LogP contribution in [0, 0.1) is 5.41 Å². The Bertz CT molecular complexity index is 224. The van der Waals surface area contributed by atoms with Gasteiger partial charge in [0.25, 0.3) is 0 Å². The van der Waals surface area contributed by atoms with Crippen molar-refractivity contribution >= 4 is 12.4 Å². The van der Waals surface area contributed by atoms with Gasteiger partial charge in [0.1, 0.15) is 5.82 Å². The first-order valence-corrected chi connectivity index (χ1v) is 4.70. The molecule has 3 heteroatoms. The van der Waals surface area contributed by atoms with Crippen molar-refractivity contribution in [2.45, 2.75) is 26.2 Å². The topological polar surface area (TPSA) is 39.5 Å². The van der Waals surface area contributed by atoms with Crippen LogP contribution in [0.4, 0.5) is 0 Å². The van der Waals surface area contributed by atoms with Gasteiger partial charge in [-0.1, -0.05) is 0 Å². The number of aliphatic imine (C=N–C) groups is 1. The fraction of sp³-hybridized carbons (Fsp3) is 0.600. The van der Waals surface area contributed by atoms with Crippen LogP contribution in [0.5, 0.6) is 0 Å². The molecule has 0 saturated carbocycles. The monoisotopic (exact) mass is 179 g/mol. The molecular formula is C10H17N3. The molecule has 0 aromatic carbocycles. The molecule has 0 atom stereocenters. The fourth-order valence-corrected chi connectivity index (χ4v) is 1.48. The number of nitrogens with one attached hydrogen (secondary N) is 1. The molecule has 1 saturated heterocycles. The Morgan fingerprint density at radius 3 is 2.62 bits per heavy atom. The van der Waals surface area contributed by atoms with E-state index >= 15 is 0 Å². The zero-order valence-electron chi connectivity index (χ0n) is 8.21. The Balaban J connectivity index is 2.54. The third-order valence-electron chi connectivity index (χ3n) is 2.18. The molecule has 72 valence electrons. The van der Waals surface area contributed by atoms with Crippen molar-refractivity contribution in [1.29, 1.82) is 5.41 Å². The van der Waals surface area contributed by atoms with Gasteiger partial charge in [-0.3, -0.25) is 0 Å². The molecule has 0 aromatic rings. The second-order valence-corrected chi connectivity index (χ2v) is 3.40. The predicted molar refractivity (Wildman–Crippen MR) is 56.5 cm³/mol. The van der Waals surface area contributed by atoms with Crippen LogP contribution in [-0.2, 0) is 0 Å².